The number of hydrogen-bond donors (Lipinski definition) is 2. The number of carbonyl (C=O) groups is 5. The molecule has 2 amide bonds. The van der Waals surface area contributed by atoms with Crippen LogP contribution in [0.4, 0.5) is 0 Å². The van der Waals surface area contributed by atoms with E-state index in [0.29, 0.717) is 58.8 Å². The summed E-state index contributed by atoms with van der Waals surface area (Å²) in [6.45, 7) is 5.75. The van der Waals surface area contributed by atoms with Gasteiger partial charge in [0, 0.05) is 59.4 Å². The first kappa shape index (κ1) is 33.2. The Morgan fingerprint density at radius 1 is 0.632 bits per heavy atom. The van der Waals surface area contributed by atoms with Crippen molar-refractivity contribution in [3.63, 3.8) is 0 Å². The molecular weight excluding hydrogens is 500 g/mol. The van der Waals surface area contributed by atoms with Crippen LogP contribution < -0.4 is 10.6 Å². The van der Waals surface area contributed by atoms with Crippen LogP contribution in [-0.4, -0.2) is 162 Å². The van der Waals surface area contributed by atoms with Crippen molar-refractivity contribution in [2.24, 2.45) is 0 Å². The van der Waals surface area contributed by atoms with Gasteiger partial charge in [-0.1, -0.05) is 6.92 Å². The number of nitrogens with zero attached hydrogens (tertiary/aromatic N) is 4. The molecule has 38 heavy (non-hydrogen) atoms. The van der Waals surface area contributed by atoms with Crippen molar-refractivity contribution in [2.45, 2.75) is 19.4 Å². The lowest BCUT2D eigenvalue weighted by Crippen LogP contribution is -2.52. The van der Waals surface area contributed by atoms with Crippen LogP contribution in [0, 0.1) is 0 Å². The topological polar surface area (TPSA) is 150 Å². The highest BCUT2D eigenvalue weighted by molar-refractivity contribution is 5.88. The molecule has 1 rings (SSSR count). The van der Waals surface area contributed by atoms with E-state index in [4.69, 9.17) is 14.2 Å². The van der Waals surface area contributed by atoms with E-state index < -0.39 is 6.04 Å². The Balaban J connectivity index is 3.06. The molecule has 1 fully saturated rings. The van der Waals surface area contributed by atoms with Gasteiger partial charge in [-0.25, -0.2) is 0 Å². The fourth-order valence-electron chi connectivity index (χ4n) is 3.92. The minimum Gasteiger partial charge on any atom is -0.468 e. The van der Waals surface area contributed by atoms with Crippen molar-refractivity contribution in [2.75, 3.05) is 107 Å². The van der Waals surface area contributed by atoms with Gasteiger partial charge in [0.25, 0.3) is 0 Å². The van der Waals surface area contributed by atoms with Crippen molar-refractivity contribution in [3.05, 3.63) is 0 Å². The summed E-state index contributed by atoms with van der Waals surface area (Å²) in [6.07, 6.45) is 0.452. The van der Waals surface area contributed by atoms with Crippen molar-refractivity contribution in [3.8, 4) is 0 Å². The SMILES string of the molecule is CC[C@@H](NC(=O)CN1CCN(CC(=O)OC)CCN(CC(=O)OC)CCN(CC(=O)OC)CC1)C(=O)NC. The van der Waals surface area contributed by atoms with Crippen molar-refractivity contribution < 1.29 is 38.2 Å². The monoisotopic (exact) mass is 544 g/mol. The van der Waals surface area contributed by atoms with Gasteiger partial charge >= 0.3 is 17.9 Å². The first-order valence-electron chi connectivity index (χ1n) is 12.8. The maximum atomic E-state index is 12.8. The Labute approximate surface area is 224 Å². The predicted octanol–water partition coefficient (Wildman–Crippen LogP) is -2.63. The maximum Gasteiger partial charge on any atom is 0.319 e. The van der Waals surface area contributed by atoms with Crippen LogP contribution in [0.25, 0.3) is 0 Å². The third-order valence-corrected chi connectivity index (χ3v) is 6.34. The quantitative estimate of drug-likeness (QED) is 0.207. The molecule has 1 aliphatic heterocycles. The number of carbonyl (C=O) groups excluding carboxylic acids is 5. The molecule has 1 saturated heterocycles. The normalized spacial score (nSPS) is 17.8. The fourth-order valence-corrected chi connectivity index (χ4v) is 3.92. The number of rotatable bonds is 11. The molecule has 0 saturated carbocycles. The van der Waals surface area contributed by atoms with E-state index in [9.17, 15) is 24.0 Å². The first-order valence-corrected chi connectivity index (χ1v) is 12.8. The second kappa shape index (κ2) is 18.4. The van der Waals surface area contributed by atoms with E-state index in [2.05, 4.69) is 10.6 Å². The van der Waals surface area contributed by atoms with Gasteiger partial charge in [0.05, 0.1) is 47.5 Å². The van der Waals surface area contributed by atoms with Crippen LogP contribution in [0.5, 0.6) is 0 Å². The molecule has 0 aromatic carbocycles. The molecule has 14 nitrogen and oxygen atoms in total. The molecule has 14 heteroatoms. The van der Waals surface area contributed by atoms with Crippen molar-refractivity contribution in [1.29, 1.82) is 0 Å². The lowest BCUT2D eigenvalue weighted by atomic mass is 10.2. The van der Waals surface area contributed by atoms with Gasteiger partial charge in [0.2, 0.25) is 11.8 Å². The third kappa shape index (κ3) is 13.1. The molecule has 0 radical (unpaired) electrons. The smallest absolute Gasteiger partial charge is 0.319 e. The average molecular weight is 545 g/mol. The largest absolute Gasteiger partial charge is 0.468 e. The van der Waals surface area contributed by atoms with E-state index >= 15 is 0 Å². The molecule has 0 unspecified atom stereocenters. The Kier molecular flexibility index (Phi) is 16.1. The van der Waals surface area contributed by atoms with Crippen LogP contribution in [0.15, 0.2) is 0 Å². The van der Waals surface area contributed by atoms with Gasteiger partial charge in [-0.3, -0.25) is 43.6 Å². The lowest BCUT2D eigenvalue weighted by molar-refractivity contribution is -0.144. The van der Waals surface area contributed by atoms with Gasteiger partial charge in [0.1, 0.15) is 6.04 Å². The summed E-state index contributed by atoms with van der Waals surface area (Å²) >= 11 is 0. The summed E-state index contributed by atoms with van der Waals surface area (Å²) in [7, 11) is 5.50. The lowest BCUT2D eigenvalue weighted by Gasteiger charge is -2.33. The number of hydrogen-bond acceptors (Lipinski definition) is 12. The van der Waals surface area contributed by atoms with Crippen LogP contribution in [0.3, 0.4) is 0 Å². The Bertz CT molecular complexity index is 749. The van der Waals surface area contributed by atoms with Gasteiger partial charge < -0.3 is 24.8 Å². The second-order valence-electron chi connectivity index (χ2n) is 8.98. The fraction of sp³-hybridized carbons (Fsp3) is 0.792. The summed E-state index contributed by atoms with van der Waals surface area (Å²) < 4.78 is 14.5. The minimum absolute atomic E-state index is 0.0418. The number of esters is 3. The molecule has 2 N–H and O–H groups in total. The highest BCUT2D eigenvalue weighted by Gasteiger charge is 2.23. The second-order valence-corrected chi connectivity index (χ2v) is 8.98. The number of amides is 2. The Morgan fingerprint density at radius 2 is 0.947 bits per heavy atom. The average Bonchev–Trinajstić information content (AvgIpc) is 2.91. The summed E-state index contributed by atoms with van der Waals surface area (Å²) in [5, 5.41) is 5.32. The predicted molar refractivity (Wildman–Crippen MR) is 138 cm³/mol. The van der Waals surface area contributed by atoms with E-state index in [1.54, 1.807) is 0 Å². The zero-order valence-electron chi connectivity index (χ0n) is 23.3. The van der Waals surface area contributed by atoms with Crippen molar-refractivity contribution >= 4 is 29.7 Å². The van der Waals surface area contributed by atoms with Gasteiger partial charge in [-0.2, -0.15) is 0 Å². The number of ether oxygens (including phenoxy) is 3. The molecule has 1 atom stereocenters. The number of likely N-dealkylation sites (N-methyl/N-ethyl adjacent to an activating group) is 1. The zero-order valence-corrected chi connectivity index (χ0v) is 23.3. The molecule has 0 aromatic rings. The van der Waals surface area contributed by atoms with Crippen molar-refractivity contribution in [1.82, 2.24) is 30.2 Å². The number of methoxy groups -OCH3 is 3. The Hall–Kier alpha value is -2.81. The standard InChI is InChI=1S/C24H44N6O8/c1-6-19(24(35)25-2)26-20(31)15-27-7-9-28(16-21(32)36-3)11-13-30(18-23(34)38-5)14-12-29(10-8-27)17-22(33)37-4/h19H,6-18H2,1-5H3,(H,25,35)(H,26,31)/t19-/m1/s1. The molecule has 0 bridgehead atoms. The van der Waals surface area contributed by atoms with Crippen LogP contribution >= 0.6 is 0 Å². The van der Waals surface area contributed by atoms with E-state index in [1.807, 2.05) is 26.5 Å². The van der Waals surface area contributed by atoms with Gasteiger partial charge in [-0.05, 0) is 6.42 Å². The van der Waals surface area contributed by atoms with Crippen LogP contribution in [-0.2, 0) is 38.2 Å². The summed E-state index contributed by atoms with van der Waals surface area (Å²) in [5.74, 6) is -1.71. The summed E-state index contributed by atoms with van der Waals surface area (Å²) in [6, 6.07) is -0.632. The molecule has 0 aromatic heterocycles. The van der Waals surface area contributed by atoms with Crippen LogP contribution in [0.2, 0.25) is 0 Å². The van der Waals surface area contributed by atoms with Gasteiger partial charge in [0.15, 0.2) is 0 Å². The zero-order chi connectivity index (χ0) is 28.5. The highest BCUT2D eigenvalue weighted by Crippen LogP contribution is 2.03. The molecule has 0 spiro atoms. The highest BCUT2D eigenvalue weighted by atomic mass is 16.5. The number of nitrogens with one attached hydrogen (secondary N) is 2. The molecular formula is C24H44N6O8. The van der Waals surface area contributed by atoms with Gasteiger partial charge in [-0.15, -0.1) is 0 Å². The summed E-state index contributed by atoms with van der Waals surface area (Å²) in [4.78, 5) is 68.5. The molecule has 1 aliphatic rings. The molecule has 0 aliphatic carbocycles. The summed E-state index contributed by atoms with van der Waals surface area (Å²) in [5.41, 5.74) is 0. The minimum atomic E-state index is -0.632. The first-order chi connectivity index (χ1) is 18.1. The van der Waals surface area contributed by atoms with E-state index in [-0.39, 0.29) is 55.9 Å². The molecule has 218 valence electrons. The third-order valence-electron chi connectivity index (χ3n) is 6.34. The van der Waals surface area contributed by atoms with Crippen LogP contribution in [0.1, 0.15) is 13.3 Å². The molecule has 1 heterocycles. The van der Waals surface area contributed by atoms with E-state index in [1.165, 1.54) is 28.4 Å². The maximum absolute atomic E-state index is 12.8. The van der Waals surface area contributed by atoms with E-state index in [0.717, 1.165) is 0 Å². The Morgan fingerprint density at radius 3 is 1.21 bits per heavy atom.